The molecule has 9 aromatic carbocycles. The molecule has 0 aliphatic carbocycles. The van der Waals surface area contributed by atoms with Crippen molar-refractivity contribution < 1.29 is 4.42 Å². The van der Waals surface area contributed by atoms with Crippen LogP contribution in [0.5, 0.6) is 0 Å². The predicted octanol–water partition coefficient (Wildman–Crippen LogP) is 14.9. The van der Waals surface area contributed by atoms with Gasteiger partial charge in [-0.15, -0.1) is 0 Å². The van der Waals surface area contributed by atoms with Crippen molar-refractivity contribution in [1.82, 2.24) is 0 Å². The first-order valence-electron chi connectivity index (χ1n) is 18.4. The van der Waals surface area contributed by atoms with Gasteiger partial charge in [-0.05, 0) is 110 Å². The molecule has 54 heavy (non-hydrogen) atoms. The molecule has 0 bridgehead atoms. The Kier molecular flexibility index (Phi) is 7.85. The summed E-state index contributed by atoms with van der Waals surface area (Å²) in [6.07, 6.45) is 0. The van der Waals surface area contributed by atoms with Gasteiger partial charge in [-0.2, -0.15) is 0 Å². The van der Waals surface area contributed by atoms with Gasteiger partial charge in [0.15, 0.2) is 0 Å². The lowest BCUT2D eigenvalue weighted by molar-refractivity contribution is 0.632. The van der Waals surface area contributed by atoms with Crippen molar-refractivity contribution in [2.24, 2.45) is 0 Å². The Hall–Kier alpha value is -7.16. The van der Waals surface area contributed by atoms with Crippen LogP contribution in [0.15, 0.2) is 217 Å². The number of anilines is 3. The van der Waals surface area contributed by atoms with Crippen LogP contribution >= 0.6 is 0 Å². The van der Waals surface area contributed by atoms with Gasteiger partial charge in [0.2, 0.25) is 0 Å². The summed E-state index contributed by atoms with van der Waals surface area (Å²) in [5.41, 5.74) is 12.4. The van der Waals surface area contributed by atoms with Gasteiger partial charge in [0.1, 0.15) is 11.3 Å². The van der Waals surface area contributed by atoms with Gasteiger partial charge in [0, 0.05) is 28.0 Å². The molecule has 2 heteroatoms. The highest BCUT2D eigenvalue weighted by Crippen LogP contribution is 2.39. The van der Waals surface area contributed by atoms with E-state index in [-0.39, 0.29) is 0 Å². The molecule has 0 radical (unpaired) electrons. The summed E-state index contributed by atoms with van der Waals surface area (Å²) in [5, 5.41) is 6.06. The lowest BCUT2D eigenvalue weighted by Crippen LogP contribution is -2.09. The van der Waals surface area contributed by atoms with Gasteiger partial charge >= 0.3 is 0 Å². The van der Waals surface area contributed by atoms with E-state index < -0.39 is 0 Å². The Morgan fingerprint density at radius 3 is 1.37 bits per heavy atom. The number of benzene rings is 9. The predicted molar refractivity (Wildman–Crippen MR) is 228 cm³/mol. The molecular formula is C52H35NO. The average molecular weight is 690 g/mol. The summed E-state index contributed by atoms with van der Waals surface area (Å²) >= 11 is 0. The van der Waals surface area contributed by atoms with E-state index in [1.807, 2.05) is 18.2 Å². The zero-order chi connectivity index (χ0) is 35.8. The van der Waals surface area contributed by atoms with Crippen LogP contribution < -0.4 is 4.90 Å². The maximum absolute atomic E-state index is 6.26. The number of hydrogen-bond donors (Lipinski definition) is 0. The monoisotopic (exact) mass is 689 g/mol. The lowest BCUT2D eigenvalue weighted by Gasteiger charge is -2.26. The van der Waals surface area contributed by atoms with E-state index in [1.54, 1.807) is 0 Å². The molecule has 0 amide bonds. The number of nitrogens with zero attached hydrogens (tertiary/aromatic N) is 1. The van der Waals surface area contributed by atoms with Crippen LogP contribution in [0, 0.1) is 0 Å². The third-order valence-corrected chi connectivity index (χ3v) is 10.5. The van der Waals surface area contributed by atoms with Gasteiger partial charge in [-0.3, -0.25) is 0 Å². The molecule has 10 rings (SSSR count). The molecule has 0 aliphatic heterocycles. The maximum atomic E-state index is 6.26. The largest absolute Gasteiger partial charge is 0.456 e. The van der Waals surface area contributed by atoms with Crippen LogP contribution in [-0.2, 0) is 0 Å². The third kappa shape index (κ3) is 5.90. The molecule has 0 fully saturated rings. The van der Waals surface area contributed by atoms with Crippen molar-refractivity contribution in [2.45, 2.75) is 0 Å². The van der Waals surface area contributed by atoms with E-state index in [4.69, 9.17) is 4.42 Å². The van der Waals surface area contributed by atoms with Crippen molar-refractivity contribution in [3.05, 3.63) is 212 Å². The summed E-state index contributed by atoms with van der Waals surface area (Å²) in [6, 6.07) is 75.9. The Morgan fingerprint density at radius 2 is 0.722 bits per heavy atom. The standard InChI is InChI=1S/C52H35NO/c1-3-11-42-33-44(22-19-36(42)9-1)40-25-30-47(31-26-40)53(48-32-27-37-10-2-4-12-43(37)34-48)46-28-23-39(24-29-46)38-17-20-41(21-18-38)49-14-6-7-15-50(49)52-35-45-13-5-8-16-51(45)54-52/h1-35H. The minimum atomic E-state index is 0.880. The van der Waals surface area contributed by atoms with Crippen LogP contribution in [0.2, 0.25) is 0 Å². The SMILES string of the molecule is c1ccc(-c2cc3ccccc3o2)c(-c2ccc(-c3ccc(N(c4ccc(-c5ccc6ccccc6c5)cc4)c4ccc5ccccc5c4)cc3)cc2)c1. The van der Waals surface area contributed by atoms with Crippen LogP contribution in [0.1, 0.15) is 0 Å². The zero-order valence-corrected chi connectivity index (χ0v) is 29.6. The molecular weight excluding hydrogens is 655 g/mol. The van der Waals surface area contributed by atoms with Crippen LogP contribution in [-0.4, -0.2) is 0 Å². The Bertz CT molecular complexity index is 2890. The molecule has 1 aromatic heterocycles. The highest BCUT2D eigenvalue weighted by Gasteiger charge is 2.15. The molecule has 2 nitrogen and oxygen atoms in total. The van der Waals surface area contributed by atoms with Crippen molar-refractivity contribution in [1.29, 1.82) is 0 Å². The van der Waals surface area contributed by atoms with Gasteiger partial charge in [-0.1, -0.05) is 158 Å². The fourth-order valence-electron chi connectivity index (χ4n) is 7.64. The molecule has 10 aromatic rings. The summed E-state index contributed by atoms with van der Waals surface area (Å²) in [4.78, 5) is 2.35. The highest BCUT2D eigenvalue weighted by molar-refractivity contribution is 5.92. The number of para-hydroxylation sites is 1. The molecule has 254 valence electrons. The Labute approximate surface area is 314 Å². The van der Waals surface area contributed by atoms with E-state index in [2.05, 4.69) is 199 Å². The molecule has 0 atom stereocenters. The minimum absolute atomic E-state index is 0.880. The smallest absolute Gasteiger partial charge is 0.136 e. The van der Waals surface area contributed by atoms with Crippen molar-refractivity contribution in [3.63, 3.8) is 0 Å². The molecule has 0 aliphatic rings. The molecule has 0 N–H and O–H groups in total. The molecule has 0 unspecified atom stereocenters. The van der Waals surface area contributed by atoms with Gasteiger partial charge in [-0.25, -0.2) is 0 Å². The van der Waals surface area contributed by atoms with Crippen LogP contribution in [0.4, 0.5) is 17.1 Å². The maximum Gasteiger partial charge on any atom is 0.136 e. The summed E-state index contributed by atoms with van der Waals surface area (Å²) < 4.78 is 6.26. The number of hydrogen-bond acceptors (Lipinski definition) is 2. The fourth-order valence-corrected chi connectivity index (χ4v) is 7.64. The summed E-state index contributed by atoms with van der Waals surface area (Å²) in [5.74, 6) is 0.880. The number of fused-ring (bicyclic) bond motifs is 3. The Morgan fingerprint density at radius 1 is 0.278 bits per heavy atom. The normalized spacial score (nSPS) is 11.3. The minimum Gasteiger partial charge on any atom is -0.456 e. The van der Waals surface area contributed by atoms with Gasteiger partial charge in [0.05, 0.1) is 0 Å². The van der Waals surface area contributed by atoms with Crippen molar-refractivity contribution in [2.75, 3.05) is 4.90 Å². The van der Waals surface area contributed by atoms with E-state index in [0.29, 0.717) is 0 Å². The van der Waals surface area contributed by atoms with E-state index in [9.17, 15) is 0 Å². The molecule has 0 spiro atoms. The quantitative estimate of drug-likeness (QED) is 0.166. The zero-order valence-electron chi connectivity index (χ0n) is 29.6. The fraction of sp³-hybridized carbons (Fsp3) is 0. The van der Waals surface area contributed by atoms with Crippen molar-refractivity contribution >= 4 is 49.6 Å². The second kappa shape index (κ2) is 13.4. The number of rotatable bonds is 7. The third-order valence-electron chi connectivity index (χ3n) is 10.5. The van der Waals surface area contributed by atoms with E-state index in [1.165, 1.54) is 43.8 Å². The summed E-state index contributed by atoms with van der Waals surface area (Å²) in [6.45, 7) is 0. The van der Waals surface area contributed by atoms with Crippen molar-refractivity contribution in [3.8, 4) is 44.7 Å². The second-order valence-electron chi connectivity index (χ2n) is 13.8. The van der Waals surface area contributed by atoms with Gasteiger partial charge in [0.25, 0.3) is 0 Å². The van der Waals surface area contributed by atoms with E-state index in [0.717, 1.165) is 50.5 Å². The van der Waals surface area contributed by atoms with Crippen LogP contribution in [0.25, 0.3) is 77.2 Å². The summed E-state index contributed by atoms with van der Waals surface area (Å²) in [7, 11) is 0. The van der Waals surface area contributed by atoms with Crippen LogP contribution in [0.3, 0.4) is 0 Å². The first kappa shape index (κ1) is 31.6. The topological polar surface area (TPSA) is 16.4 Å². The number of furan rings is 1. The van der Waals surface area contributed by atoms with Gasteiger partial charge < -0.3 is 9.32 Å². The first-order valence-corrected chi connectivity index (χ1v) is 18.4. The van der Waals surface area contributed by atoms with E-state index >= 15 is 0 Å². The highest BCUT2D eigenvalue weighted by atomic mass is 16.3. The molecule has 0 saturated heterocycles. The lowest BCUT2D eigenvalue weighted by atomic mass is 9.96. The first-order chi connectivity index (χ1) is 26.7. The molecule has 1 heterocycles. The average Bonchev–Trinajstić information content (AvgIpc) is 3.69. The molecule has 0 saturated carbocycles. The second-order valence-corrected chi connectivity index (χ2v) is 13.8. The Balaban J connectivity index is 0.972.